The summed E-state index contributed by atoms with van der Waals surface area (Å²) in [6.07, 6.45) is 25.9. The zero-order chi connectivity index (χ0) is 29.3. The van der Waals surface area contributed by atoms with Gasteiger partial charge in [0.15, 0.2) is 0 Å². The summed E-state index contributed by atoms with van der Waals surface area (Å²) in [4.78, 5) is 18.0. The van der Waals surface area contributed by atoms with Crippen molar-refractivity contribution >= 4 is 46.4 Å². The number of aromatic amines is 2. The molecule has 4 nitrogen and oxygen atoms in total. The number of unbranched alkanes of at least 4 members (excludes halogenated alkanes) is 6. The molecular formula is C38H46N4. The molecule has 5 rings (SSSR count). The zero-order valence-electron chi connectivity index (χ0n) is 25.6. The standard InChI is InChI=1S/C38H46N4/c1-5-9-11-13-17-29-35-23-19-31(39-35)27(15-7-3)33-21-25-37(41-33)30(18-14-12-10-6-2)38-26-22-34(42-38)28(16-8-4)32-20-24-36(29)40-32/h7-8,19-26,39,41H,3-6,9-18H2,1-2H3. The van der Waals surface area contributed by atoms with Gasteiger partial charge in [-0.05, 0) is 87.1 Å². The van der Waals surface area contributed by atoms with E-state index in [0.717, 1.165) is 88.9 Å². The smallest absolute Gasteiger partial charge is 0.0694 e. The van der Waals surface area contributed by atoms with Gasteiger partial charge in [-0.3, -0.25) is 0 Å². The molecule has 0 spiro atoms. The highest BCUT2D eigenvalue weighted by Gasteiger charge is 2.16. The summed E-state index contributed by atoms with van der Waals surface area (Å²) in [7, 11) is 0. The van der Waals surface area contributed by atoms with Crippen molar-refractivity contribution in [2.45, 2.75) is 90.9 Å². The molecule has 3 aromatic rings. The van der Waals surface area contributed by atoms with Crippen molar-refractivity contribution in [1.82, 2.24) is 19.9 Å². The summed E-state index contributed by atoms with van der Waals surface area (Å²) in [5.74, 6) is 0. The number of rotatable bonds is 14. The van der Waals surface area contributed by atoms with Gasteiger partial charge in [0.25, 0.3) is 0 Å². The summed E-state index contributed by atoms with van der Waals surface area (Å²) < 4.78 is 0. The van der Waals surface area contributed by atoms with E-state index in [4.69, 9.17) is 9.97 Å². The second kappa shape index (κ2) is 14.3. The highest BCUT2D eigenvalue weighted by atomic mass is 14.8. The van der Waals surface area contributed by atoms with E-state index >= 15 is 0 Å². The van der Waals surface area contributed by atoms with Gasteiger partial charge in [-0.25, -0.2) is 9.97 Å². The third-order valence-electron chi connectivity index (χ3n) is 8.45. The predicted octanol–water partition coefficient (Wildman–Crippen LogP) is 10.4. The number of hydrogen-bond donors (Lipinski definition) is 2. The highest BCUT2D eigenvalue weighted by Crippen LogP contribution is 2.29. The average Bonchev–Trinajstić information content (AvgIpc) is 3.82. The van der Waals surface area contributed by atoms with Gasteiger partial charge >= 0.3 is 0 Å². The maximum Gasteiger partial charge on any atom is 0.0694 e. The van der Waals surface area contributed by atoms with Crippen LogP contribution in [0, 0.1) is 0 Å². The number of aromatic nitrogens is 4. The van der Waals surface area contributed by atoms with Crippen LogP contribution >= 0.6 is 0 Å². The SMILES string of the molecule is C=CCc1c2nc(c(CCCCCC)c3ccc([nH]3)c(CC=C)c3ccc([nH]3)c(CCCCCC)c3nc1C=C3)C=C2. The summed E-state index contributed by atoms with van der Waals surface area (Å²) in [5, 5.41) is 0. The van der Waals surface area contributed by atoms with Crippen molar-refractivity contribution < 1.29 is 0 Å². The molecule has 0 saturated carbocycles. The van der Waals surface area contributed by atoms with Gasteiger partial charge in [-0.1, -0.05) is 64.5 Å². The van der Waals surface area contributed by atoms with Crippen molar-refractivity contribution in [3.8, 4) is 0 Å². The Bertz CT molecular complexity index is 1530. The molecule has 5 heterocycles. The first kappa shape index (κ1) is 29.6. The number of H-pyrrole nitrogens is 2. The zero-order valence-corrected chi connectivity index (χ0v) is 25.6. The molecule has 8 bridgehead atoms. The van der Waals surface area contributed by atoms with Crippen LogP contribution in [0.5, 0.6) is 0 Å². The van der Waals surface area contributed by atoms with Crippen molar-refractivity contribution in [1.29, 1.82) is 0 Å². The molecule has 0 amide bonds. The lowest BCUT2D eigenvalue weighted by Gasteiger charge is -2.05. The monoisotopic (exact) mass is 558 g/mol. The predicted molar refractivity (Wildman–Crippen MR) is 182 cm³/mol. The average molecular weight is 559 g/mol. The van der Waals surface area contributed by atoms with Crippen LogP contribution in [0.1, 0.15) is 110 Å². The van der Waals surface area contributed by atoms with Crippen LogP contribution in [0.25, 0.3) is 46.4 Å². The van der Waals surface area contributed by atoms with Crippen LogP contribution in [0.3, 0.4) is 0 Å². The number of allylic oxidation sites excluding steroid dienone is 2. The lowest BCUT2D eigenvalue weighted by molar-refractivity contribution is 0.667. The number of nitrogens with zero attached hydrogens (tertiary/aromatic N) is 2. The molecule has 3 aromatic heterocycles. The van der Waals surface area contributed by atoms with E-state index in [9.17, 15) is 0 Å². The molecule has 0 aromatic carbocycles. The fourth-order valence-corrected chi connectivity index (χ4v) is 6.14. The lowest BCUT2D eigenvalue weighted by atomic mass is 10.0. The summed E-state index contributed by atoms with van der Waals surface area (Å²) in [6, 6.07) is 8.90. The van der Waals surface area contributed by atoms with Crippen molar-refractivity contribution in [2.75, 3.05) is 0 Å². The minimum atomic E-state index is 0.726. The van der Waals surface area contributed by atoms with E-state index < -0.39 is 0 Å². The van der Waals surface area contributed by atoms with E-state index in [1.54, 1.807) is 0 Å². The number of hydrogen-bond acceptors (Lipinski definition) is 2. The molecule has 0 atom stereocenters. The molecule has 2 aliphatic rings. The van der Waals surface area contributed by atoms with Crippen molar-refractivity contribution in [3.05, 3.63) is 94.6 Å². The minimum absolute atomic E-state index is 0.726. The van der Waals surface area contributed by atoms with E-state index in [1.165, 1.54) is 55.2 Å². The van der Waals surface area contributed by atoms with Gasteiger partial charge < -0.3 is 9.97 Å². The Morgan fingerprint density at radius 3 is 1.31 bits per heavy atom. The van der Waals surface area contributed by atoms with E-state index in [-0.39, 0.29) is 0 Å². The van der Waals surface area contributed by atoms with Crippen LogP contribution < -0.4 is 0 Å². The first-order chi connectivity index (χ1) is 20.7. The maximum absolute atomic E-state index is 5.23. The summed E-state index contributed by atoms with van der Waals surface area (Å²) in [5.41, 5.74) is 13.5. The van der Waals surface area contributed by atoms with Crippen LogP contribution in [0.15, 0.2) is 49.6 Å². The lowest BCUT2D eigenvalue weighted by Crippen LogP contribution is -1.96. The molecule has 2 aliphatic heterocycles. The number of nitrogens with one attached hydrogen (secondary N) is 2. The minimum Gasteiger partial charge on any atom is -0.355 e. The molecule has 0 unspecified atom stereocenters. The molecular weight excluding hydrogens is 512 g/mol. The van der Waals surface area contributed by atoms with Gasteiger partial charge in [0.2, 0.25) is 0 Å². The molecule has 4 heteroatoms. The Hall–Kier alpha value is -3.92. The first-order valence-corrected chi connectivity index (χ1v) is 16.0. The van der Waals surface area contributed by atoms with Gasteiger partial charge in [0.05, 0.1) is 22.8 Å². The number of aryl methyl sites for hydroxylation is 2. The van der Waals surface area contributed by atoms with Crippen LogP contribution in [-0.2, 0) is 25.7 Å². The van der Waals surface area contributed by atoms with Crippen molar-refractivity contribution in [3.63, 3.8) is 0 Å². The third kappa shape index (κ3) is 6.59. The van der Waals surface area contributed by atoms with E-state index in [1.807, 2.05) is 12.2 Å². The Kier molecular flexibility index (Phi) is 10.1. The van der Waals surface area contributed by atoms with Crippen molar-refractivity contribution in [2.24, 2.45) is 0 Å². The Labute approximate surface area is 251 Å². The second-order valence-electron chi connectivity index (χ2n) is 11.5. The van der Waals surface area contributed by atoms with E-state index in [0.29, 0.717) is 0 Å². The number of fused-ring (bicyclic) bond motifs is 8. The molecule has 0 fully saturated rings. The summed E-state index contributed by atoms with van der Waals surface area (Å²) >= 11 is 0. The van der Waals surface area contributed by atoms with Gasteiger partial charge in [-0.2, -0.15) is 0 Å². The fraction of sp³-hybridized carbons (Fsp3) is 0.368. The molecule has 42 heavy (non-hydrogen) atoms. The van der Waals surface area contributed by atoms with Crippen LogP contribution in [-0.4, -0.2) is 19.9 Å². The second-order valence-corrected chi connectivity index (χ2v) is 11.5. The fourth-order valence-electron chi connectivity index (χ4n) is 6.14. The molecule has 2 N–H and O–H groups in total. The quantitative estimate of drug-likeness (QED) is 0.105. The molecule has 0 aliphatic carbocycles. The Morgan fingerprint density at radius 1 is 0.524 bits per heavy atom. The van der Waals surface area contributed by atoms with Gasteiger partial charge in [0, 0.05) is 44.3 Å². The Balaban J connectivity index is 1.81. The van der Waals surface area contributed by atoms with Crippen LogP contribution in [0.2, 0.25) is 0 Å². The summed E-state index contributed by atoms with van der Waals surface area (Å²) in [6.45, 7) is 12.7. The molecule has 0 radical (unpaired) electrons. The van der Waals surface area contributed by atoms with E-state index in [2.05, 4.69) is 85.5 Å². The van der Waals surface area contributed by atoms with Gasteiger partial charge in [0.1, 0.15) is 0 Å². The van der Waals surface area contributed by atoms with Gasteiger partial charge in [-0.15, -0.1) is 13.2 Å². The molecule has 0 saturated heterocycles. The first-order valence-electron chi connectivity index (χ1n) is 16.0. The van der Waals surface area contributed by atoms with Crippen LogP contribution in [0.4, 0.5) is 0 Å². The Morgan fingerprint density at radius 2 is 0.905 bits per heavy atom. The highest BCUT2D eigenvalue weighted by molar-refractivity contribution is 5.83. The molecule has 218 valence electrons. The third-order valence-corrected chi connectivity index (χ3v) is 8.45. The topological polar surface area (TPSA) is 57.4 Å². The largest absolute Gasteiger partial charge is 0.355 e. The normalized spacial score (nSPS) is 12.2. The maximum atomic E-state index is 5.23.